The van der Waals surface area contributed by atoms with E-state index < -0.39 is 0 Å². The standard InChI is InChI=1S/C24H16F2O.C12H23P/c25-19-13-9-17(10-14-19)21-5-1-3-7-23(21)27-24-8-4-2-6-22(24)18-11-15-20(26)16-12-18;1-3-7-11(8-4-1)13-12-9-5-2-6-10-12/h1-16H;11-13H,1-10H2. The molecule has 208 valence electrons. The summed E-state index contributed by atoms with van der Waals surface area (Å²) in [6.07, 6.45) is 15.4. The molecule has 40 heavy (non-hydrogen) atoms. The SMILES string of the molecule is C1CCC(PC2CCCCC2)CC1.Fc1ccc(-c2ccccc2Oc2ccccc2-c2ccc(F)cc2)cc1. The van der Waals surface area contributed by atoms with E-state index >= 15 is 0 Å². The van der Waals surface area contributed by atoms with Crippen molar-refractivity contribution in [3.8, 4) is 33.8 Å². The van der Waals surface area contributed by atoms with Gasteiger partial charge in [-0.2, -0.15) is 0 Å². The van der Waals surface area contributed by atoms with Crippen LogP contribution in [0.15, 0.2) is 97.1 Å². The summed E-state index contributed by atoms with van der Waals surface area (Å²) in [5, 5.41) is 0. The van der Waals surface area contributed by atoms with E-state index in [2.05, 4.69) is 0 Å². The third-order valence-electron chi connectivity index (χ3n) is 7.99. The van der Waals surface area contributed by atoms with Gasteiger partial charge in [0, 0.05) is 11.1 Å². The van der Waals surface area contributed by atoms with Gasteiger partial charge in [0.1, 0.15) is 23.1 Å². The molecule has 6 rings (SSSR count). The molecule has 0 bridgehead atoms. The van der Waals surface area contributed by atoms with Crippen LogP contribution in [0.1, 0.15) is 64.2 Å². The van der Waals surface area contributed by atoms with E-state index in [9.17, 15) is 8.78 Å². The number of hydrogen-bond donors (Lipinski definition) is 0. The highest BCUT2D eigenvalue weighted by Crippen LogP contribution is 2.42. The third-order valence-corrected chi connectivity index (χ3v) is 10.1. The van der Waals surface area contributed by atoms with E-state index in [4.69, 9.17) is 4.74 Å². The molecule has 0 atom stereocenters. The van der Waals surface area contributed by atoms with Crippen LogP contribution in [0.3, 0.4) is 0 Å². The third kappa shape index (κ3) is 8.01. The van der Waals surface area contributed by atoms with Gasteiger partial charge in [0.15, 0.2) is 0 Å². The van der Waals surface area contributed by atoms with E-state index in [-0.39, 0.29) is 11.6 Å². The number of hydrogen-bond acceptors (Lipinski definition) is 1. The topological polar surface area (TPSA) is 9.23 Å². The largest absolute Gasteiger partial charge is 0.456 e. The fourth-order valence-corrected chi connectivity index (χ4v) is 7.99. The van der Waals surface area contributed by atoms with Crippen LogP contribution in [0.2, 0.25) is 0 Å². The van der Waals surface area contributed by atoms with Crippen LogP contribution in [0.25, 0.3) is 22.3 Å². The van der Waals surface area contributed by atoms with Crippen LogP contribution >= 0.6 is 8.58 Å². The molecule has 0 radical (unpaired) electrons. The van der Waals surface area contributed by atoms with Crippen molar-refractivity contribution in [3.63, 3.8) is 0 Å². The van der Waals surface area contributed by atoms with Crippen LogP contribution in [-0.2, 0) is 0 Å². The van der Waals surface area contributed by atoms with Crippen molar-refractivity contribution in [2.45, 2.75) is 75.5 Å². The normalized spacial score (nSPS) is 16.1. The first kappa shape index (κ1) is 28.5. The summed E-state index contributed by atoms with van der Waals surface area (Å²) in [7, 11) is 1.33. The molecule has 0 spiro atoms. The van der Waals surface area contributed by atoms with E-state index in [0.29, 0.717) is 11.5 Å². The van der Waals surface area contributed by atoms with Crippen LogP contribution in [0.5, 0.6) is 11.5 Å². The van der Waals surface area contributed by atoms with Crippen LogP contribution in [-0.4, -0.2) is 11.3 Å². The molecule has 2 aliphatic rings. The number of rotatable bonds is 6. The Morgan fingerprint density at radius 1 is 0.475 bits per heavy atom. The van der Waals surface area contributed by atoms with Gasteiger partial charge in [-0.3, -0.25) is 0 Å². The Kier molecular flexibility index (Phi) is 10.4. The van der Waals surface area contributed by atoms with Crippen molar-refractivity contribution in [2.24, 2.45) is 0 Å². The van der Waals surface area contributed by atoms with Gasteiger partial charge in [-0.1, -0.05) is 99.2 Å². The van der Waals surface area contributed by atoms with Gasteiger partial charge in [-0.25, -0.2) is 8.78 Å². The summed E-state index contributed by atoms with van der Waals surface area (Å²) in [6.45, 7) is 0. The second kappa shape index (κ2) is 14.6. The van der Waals surface area contributed by atoms with Crippen molar-refractivity contribution >= 4 is 8.58 Å². The Hall–Kier alpha value is -3.03. The van der Waals surface area contributed by atoms with Gasteiger partial charge in [0.25, 0.3) is 0 Å². The lowest BCUT2D eigenvalue weighted by Crippen LogP contribution is -2.14. The molecule has 0 N–H and O–H groups in total. The molecule has 0 amide bonds. The molecular weight excluding hydrogens is 517 g/mol. The zero-order valence-corrected chi connectivity index (χ0v) is 24.1. The zero-order valence-electron chi connectivity index (χ0n) is 23.1. The fraction of sp³-hybridized carbons (Fsp3) is 0.333. The highest BCUT2D eigenvalue weighted by molar-refractivity contribution is 7.39. The number of benzene rings is 4. The lowest BCUT2D eigenvalue weighted by atomic mass is 10.00. The summed E-state index contributed by atoms with van der Waals surface area (Å²) in [4.78, 5) is 0. The first-order valence-electron chi connectivity index (χ1n) is 14.8. The minimum absolute atomic E-state index is 0.279. The average Bonchev–Trinajstić information content (AvgIpc) is 3.00. The average molecular weight is 557 g/mol. The molecule has 0 aromatic heterocycles. The summed E-state index contributed by atoms with van der Waals surface area (Å²) < 4.78 is 32.7. The van der Waals surface area contributed by atoms with Gasteiger partial charge in [0.05, 0.1) is 0 Å². The molecule has 1 nitrogen and oxygen atoms in total. The molecule has 4 aromatic carbocycles. The van der Waals surface area contributed by atoms with E-state index in [0.717, 1.165) is 33.6 Å². The van der Waals surface area contributed by atoms with Gasteiger partial charge in [-0.15, -0.1) is 8.58 Å². The highest BCUT2D eigenvalue weighted by Gasteiger charge is 2.20. The van der Waals surface area contributed by atoms with Gasteiger partial charge >= 0.3 is 0 Å². The zero-order chi connectivity index (χ0) is 27.6. The Balaban J connectivity index is 0.000000207. The van der Waals surface area contributed by atoms with Crippen molar-refractivity contribution in [1.29, 1.82) is 0 Å². The molecule has 2 saturated carbocycles. The summed E-state index contributed by atoms with van der Waals surface area (Å²) >= 11 is 0. The minimum Gasteiger partial charge on any atom is -0.456 e. The first-order chi connectivity index (χ1) is 19.7. The van der Waals surface area contributed by atoms with Gasteiger partial charge < -0.3 is 4.74 Å². The van der Waals surface area contributed by atoms with Crippen LogP contribution in [0.4, 0.5) is 8.78 Å². The number of para-hydroxylation sites is 2. The molecule has 4 heteroatoms. The van der Waals surface area contributed by atoms with Crippen molar-refractivity contribution < 1.29 is 13.5 Å². The molecular formula is C36H39F2OP. The smallest absolute Gasteiger partial charge is 0.135 e. The number of ether oxygens (including phenoxy) is 1. The molecule has 0 heterocycles. The first-order valence-corrected chi connectivity index (χ1v) is 15.9. The summed E-state index contributed by atoms with van der Waals surface area (Å²) in [5.74, 6) is 0.773. The molecule has 4 aromatic rings. The highest BCUT2D eigenvalue weighted by atomic mass is 31.1. The second-order valence-electron chi connectivity index (χ2n) is 10.9. The van der Waals surface area contributed by atoms with E-state index in [1.54, 1.807) is 49.9 Å². The monoisotopic (exact) mass is 556 g/mol. The van der Waals surface area contributed by atoms with Crippen LogP contribution in [0, 0.1) is 11.6 Å². The maximum absolute atomic E-state index is 13.3. The summed E-state index contributed by atoms with van der Waals surface area (Å²) in [5.41, 5.74) is 5.77. The Morgan fingerprint density at radius 2 is 0.850 bits per heavy atom. The Labute approximate surface area is 239 Å². The predicted molar refractivity (Wildman–Crippen MR) is 166 cm³/mol. The predicted octanol–water partition coefficient (Wildman–Crippen LogP) is 11.4. The van der Waals surface area contributed by atoms with E-state index in [1.807, 2.05) is 48.5 Å². The summed E-state index contributed by atoms with van der Waals surface area (Å²) in [6, 6.07) is 27.8. The lowest BCUT2D eigenvalue weighted by Gasteiger charge is -2.28. The van der Waals surface area contributed by atoms with Gasteiger partial charge in [-0.05, 0) is 84.5 Å². The maximum Gasteiger partial charge on any atom is 0.135 e. The molecule has 2 aliphatic carbocycles. The maximum atomic E-state index is 13.3. The Morgan fingerprint density at radius 3 is 1.25 bits per heavy atom. The van der Waals surface area contributed by atoms with Crippen LogP contribution < -0.4 is 4.74 Å². The second-order valence-corrected chi connectivity index (χ2v) is 12.9. The van der Waals surface area contributed by atoms with Crippen molar-refractivity contribution in [2.75, 3.05) is 0 Å². The quantitative estimate of drug-likeness (QED) is 0.215. The molecule has 0 aliphatic heterocycles. The molecule has 0 saturated heterocycles. The lowest BCUT2D eigenvalue weighted by molar-refractivity contribution is 0.486. The Bertz CT molecular complexity index is 1220. The number of halogens is 2. The van der Waals surface area contributed by atoms with Crippen molar-refractivity contribution in [1.82, 2.24) is 0 Å². The van der Waals surface area contributed by atoms with E-state index in [1.165, 1.54) is 71.4 Å². The van der Waals surface area contributed by atoms with Gasteiger partial charge in [0.2, 0.25) is 0 Å². The molecule has 0 unspecified atom stereocenters. The fourth-order valence-electron chi connectivity index (χ4n) is 5.84. The van der Waals surface area contributed by atoms with Crippen molar-refractivity contribution in [3.05, 3.63) is 109 Å². The molecule has 2 fully saturated rings. The minimum atomic E-state index is -0.279.